The highest BCUT2D eigenvalue weighted by Crippen LogP contribution is 2.23. The van der Waals surface area contributed by atoms with Crippen molar-refractivity contribution < 1.29 is 39.8 Å². The molecule has 1 fully saturated rings. The number of unbranched alkanes of at least 4 members (excludes halogenated alkanes) is 29. The number of carbonyl (C=O) groups is 1. The molecule has 6 N–H and O–H groups in total. The minimum absolute atomic E-state index is 0.224. The average molecular weight is 1060 g/mol. The Morgan fingerprint density at radius 3 is 1.26 bits per heavy atom. The van der Waals surface area contributed by atoms with E-state index in [4.69, 9.17) is 9.47 Å². The van der Waals surface area contributed by atoms with Gasteiger partial charge in [-0.05, 0) is 83.5 Å². The molecule has 0 bridgehead atoms. The first-order valence-corrected chi connectivity index (χ1v) is 31.5. The van der Waals surface area contributed by atoms with Gasteiger partial charge in [-0.1, -0.05) is 272 Å². The fraction of sp³-hybridized carbons (Fsp3) is 0.746. The fourth-order valence-corrected chi connectivity index (χ4v) is 9.47. The van der Waals surface area contributed by atoms with E-state index < -0.39 is 49.5 Å². The summed E-state index contributed by atoms with van der Waals surface area (Å²) in [6.45, 7) is 3.64. The number of hydrogen-bond acceptors (Lipinski definition) is 8. The van der Waals surface area contributed by atoms with Crippen LogP contribution < -0.4 is 5.32 Å². The quantitative estimate of drug-likeness (QED) is 0.0261. The third kappa shape index (κ3) is 44.0. The lowest BCUT2D eigenvalue weighted by atomic mass is 9.99. The zero-order chi connectivity index (χ0) is 55.0. The van der Waals surface area contributed by atoms with E-state index in [2.05, 4.69) is 104 Å². The predicted molar refractivity (Wildman–Crippen MR) is 322 cm³/mol. The van der Waals surface area contributed by atoms with Crippen molar-refractivity contribution in [3.8, 4) is 0 Å². The largest absolute Gasteiger partial charge is 0.394 e. The van der Waals surface area contributed by atoms with Gasteiger partial charge in [0, 0.05) is 6.42 Å². The van der Waals surface area contributed by atoms with Gasteiger partial charge in [-0.3, -0.25) is 4.79 Å². The first kappa shape index (κ1) is 71.1. The van der Waals surface area contributed by atoms with E-state index in [1.807, 2.05) is 6.08 Å². The molecule has 7 atom stereocenters. The molecule has 1 rings (SSSR count). The van der Waals surface area contributed by atoms with Crippen LogP contribution in [-0.4, -0.2) is 87.5 Å². The number of aliphatic hydroxyl groups excluding tert-OH is 5. The van der Waals surface area contributed by atoms with Gasteiger partial charge in [0.15, 0.2) is 6.29 Å². The van der Waals surface area contributed by atoms with E-state index >= 15 is 0 Å². The first-order valence-electron chi connectivity index (χ1n) is 31.5. The first-order chi connectivity index (χ1) is 37.3. The summed E-state index contributed by atoms with van der Waals surface area (Å²) in [6.07, 6.45) is 73.6. The van der Waals surface area contributed by atoms with Gasteiger partial charge in [-0.15, -0.1) is 0 Å². The molecule has 438 valence electrons. The van der Waals surface area contributed by atoms with Crippen LogP contribution in [0.25, 0.3) is 0 Å². The molecular weight excluding hydrogens is 947 g/mol. The second kappa shape index (κ2) is 55.4. The Bertz CT molecular complexity index is 1510. The van der Waals surface area contributed by atoms with Crippen molar-refractivity contribution in [1.82, 2.24) is 5.32 Å². The highest BCUT2D eigenvalue weighted by Gasteiger charge is 2.44. The summed E-state index contributed by atoms with van der Waals surface area (Å²) in [5.41, 5.74) is 0. The Balaban J connectivity index is 2.22. The van der Waals surface area contributed by atoms with Crippen LogP contribution in [0.5, 0.6) is 0 Å². The molecular formula is C67H117NO8. The summed E-state index contributed by atoms with van der Waals surface area (Å²) in [7, 11) is 0. The number of nitrogens with one attached hydrogen (secondary N) is 1. The molecule has 1 aliphatic heterocycles. The lowest BCUT2D eigenvalue weighted by Crippen LogP contribution is -2.60. The predicted octanol–water partition coefficient (Wildman–Crippen LogP) is 16.4. The van der Waals surface area contributed by atoms with Gasteiger partial charge in [-0.2, -0.15) is 0 Å². The van der Waals surface area contributed by atoms with Crippen molar-refractivity contribution in [1.29, 1.82) is 0 Å². The van der Waals surface area contributed by atoms with Gasteiger partial charge < -0.3 is 40.3 Å². The van der Waals surface area contributed by atoms with Crippen molar-refractivity contribution in [2.75, 3.05) is 13.2 Å². The molecule has 0 aromatic carbocycles. The summed E-state index contributed by atoms with van der Waals surface area (Å²) in [6, 6.07) is -0.853. The zero-order valence-corrected chi connectivity index (χ0v) is 48.7. The highest BCUT2D eigenvalue weighted by molar-refractivity contribution is 5.76. The fourth-order valence-electron chi connectivity index (χ4n) is 9.47. The maximum absolute atomic E-state index is 13.0. The van der Waals surface area contributed by atoms with Crippen LogP contribution in [0.2, 0.25) is 0 Å². The van der Waals surface area contributed by atoms with Crippen LogP contribution >= 0.6 is 0 Å². The van der Waals surface area contributed by atoms with E-state index in [-0.39, 0.29) is 18.9 Å². The molecule has 9 heteroatoms. The Hall–Kier alpha value is -2.89. The van der Waals surface area contributed by atoms with Gasteiger partial charge in [0.2, 0.25) is 5.91 Å². The molecule has 0 radical (unpaired) electrons. The molecule has 9 nitrogen and oxygen atoms in total. The molecule has 76 heavy (non-hydrogen) atoms. The molecule has 1 saturated heterocycles. The SMILES string of the molecule is CC/C=C\C/C=C\C/C=C\C/C=C\C/C=C\C/C=C\CCCCC(=O)NC(COC1OC(CO)C(O)C(O)C1O)C(O)/C=C/CC/C=C/CCCCCCCCCCCCCCCCCCCCCCCCCCCC. The summed E-state index contributed by atoms with van der Waals surface area (Å²) in [5, 5.41) is 54.5. The summed E-state index contributed by atoms with van der Waals surface area (Å²) in [4.78, 5) is 13.0. The number of rotatable bonds is 53. The number of hydrogen-bond donors (Lipinski definition) is 6. The molecule has 0 aliphatic carbocycles. The number of aliphatic hydroxyl groups is 5. The van der Waals surface area contributed by atoms with Crippen LogP contribution in [0.1, 0.15) is 264 Å². The topological polar surface area (TPSA) is 149 Å². The lowest BCUT2D eigenvalue weighted by Gasteiger charge is -2.40. The monoisotopic (exact) mass is 1060 g/mol. The van der Waals surface area contributed by atoms with E-state index in [0.717, 1.165) is 70.6 Å². The maximum atomic E-state index is 13.0. The van der Waals surface area contributed by atoms with Gasteiger partial charge in [0.1, 0.15) is 24.4 Å². The van der Waals surface area contributed by atoms with Gasteiger partial charge >= 0.3 is 0 Å². The van der Waals surface area contributed by atoms with Crippen molar-refractivity contribution in [2.24, 2.45) is 0 Å². The number of ether oxygens (including phenoxy) is 2. The van der Waals surface area contributed by atoms with Crippen LogP contribution in [0.4, 0.5) is 0 Å². The van der Waals surface area contributed by atoms with Gasteiger partial charge in [0.25, 0.3) is 0 Å². The van der Waals surface area contributed by atoms with Crippen LogP contribution in [0.3, 0.4) is 0 Å². The van der Waals surface area contributed by atoms with E-state index in [9.17, 15) is 30.3 Å². The van der Waals surface area contributed by atoms with Crippen molar-refractivity contribution in [3.05, 3.63) is 97.2 Å². The smallest absolute Gasteiger partial charge is 0.220 e. The standard InChI is InChI=1S/C67H117NO8/c1-3-5-7-9-11-13-15-17-19-21-23-25-26-27-28-29-30-31-32-33-34-35-37-38-40-42-44-46-48-50-52-54-56-61(70)60(59-75-67-66(74)65(73)64(72)62(58-69)76-67)68-63(71)57-55-53-51-49-47-45-43-41-39-36-24-22-20-18-16-14-12-10-8-6-4-2/h6,8,12,14,18,20,24,36,41,43,46-49,54,56,60-62,64-67,69-70,72-74H,3-5,7,9-11,13,15-17,19,21-23,25-35,37-40,42,44-45,50-53,55,57-59H2,1-2H3,(H,68,71)/b8-6-,14-12-,20-18-,36-24-,43-41-,48-46+,49-47-,56-54+. The third-order valence-corrected chi connectivity index (χ3v) is 14.4. The molecule has 1 aliphatic rings. The highest BCUT2D eigenvalue weighted by atomic mass is 16.7. The summed E-state index contributed by atoms with van der Waals surface area (Å²) < 4.78 is 11.3. The Morgan fingerprint density at radius 1 is 0.461 bits per heavy atom. The Kier molecular flexibility index (Phi) is 51.9. The normalized spacial score (nSPS) is 19.5. The van der Waals surface area contributed by atoms with Crippen molar-refractivity contribution in [3.63, 3.8) is 0 Å². The molecule has 1 heterocycles. The molecule has 0 aromatic heterocycles. The number of amides is 1. The summed E-state index contributed by atoms with van der Waals surface area (Å²) in [5.74, 6) is -0.230. The van der Waals surface area contributed by atoms with Crippen LogP contribution in [0.15, 0.2) is 97.2 Å². The van der Waals surface area contributed by atoms with E-state index in [1.54, 1.807) is 6.08 Å². The zero-order valence-electron chi connectivity index (χ0n) is 48.7. The second-order valence-corrected chi connectivity index (χ2v) is 21.5. The Labute approximate surface area is 466 Å². The second-order valence-electron chi connectivity index (χ2n) is 21.5. The van der Waals surface area contributed by atoms with Gasteiger partial charge in [0.05, 0.1) is 25.4 Å². The molecule has 0 spiro atoms. The van der Waals surface area contributed by atoms with Gasteiger partial charge in [-0.25, -0.2) is 0 Å². The molecule has 1 amide bonds. The molecule has 0 aromatic rings. The van der Waals surface area contributed by atoms with Crippen molar-refractivity contribution in [2.45, 2.75) is 307 Å². The van der Waals surface area contributed by atoms with Crippen molar-refractivity contribution >= 4 is 5.91 Å². The molecule has 0 saturated carbocycles. The minimum Gasteiger partial charge on any atom is -0.394 e. The van der Waals surface area contributed by atoms with Crippen LogP contribution in [-0.2, 0) is 14.3 Å². The van der Waals surface area contributed by atoms with Crippen LogP contribution in [0, 0.1) is 0 Å². The maximum Gasteiger partial charge on any atom is 0.220 e. The van der Waals surface area contributed by atoms with E-state index in [1.165, 1.54) is 167 Å². The number of allylic oxidation sites excluding steroid dienone is 15. The number of carbonyl (C=O) groups excluding carboxylic acids is 1. The minimum atomic E-state index is -1.59. The van der Waals surface area contributed by atoms with E-state index in [0.29, 0.717) is 6.42 Å². The average Bonchev–Trinajstić information content (AvgIpc) is 3.42. The molecule has 7 unspecified atom stereocenters. The Morgan fingerprint density at radius 2 is 0.829 bits per heavy atom. The third-order valence-electron chi connectivity index (χ3n) is 14.4. The summed E-state index contributed by atoms with van der Waals surface area (Å²) >= 11 is 0. The lowest BCUT2D eigenvalue weighted by molar-refractivity contribution is -0.302.